The largest absolute Gasteiger partial charge is 0.417 e. The molecule has 1 amide bonds. The van der Waals surface area contributed by atoms with E-state index in [0.717, 1.165) is 37.5 Å². The monoisotopic (exact) mass is 562 g/mol. The smallest absolute Gasteiger partial charge is 0.366 e. The van der Waals surface area contributed by atoms with Crippen molar-refractivity contribution in [1.82, 2.24) is 14.3 Å². The van der Waals surface area contributed by atoms with Crippen molar-refractivity contribution in [3.63, 3.8) is 0 Å². The van der Waals surface area contributed by atoms with Gasteiger partial charge in [0.15, 0.2) is 0 Å². The second kappa shape index (κ2) is 9.88. The lowest BCUT2D eigenvalue weighted by Gasteiger charge is -2.26. The number of rotatable bonds is 6. The zero-order chi connectivity index (χ0) is 28.0. The molecule has 3 N–H and O–H groups in total. The van der Waals surface area contributed by atoms with Gasteiger partial charge in [-0.05, 0) is 43.5 Å². The van der Waals surface area contributed by atoms with Crippen molar-refractivity contribution in [3.8, 4) is 11.3 Å². The van der Waals surface area contributed by atoms with Crippen LogP contribution in [-0.4, -0.2) is 36.1 Å². The minimum atomic E-state index is -4.80. The highest BCUT2D eigenvalue weighted by Gasteiger charge is 2.39. The fourth-order valence-electron chi connectivity index (χ4n) is 4.73. The SMILES string of the molecule is C[C@H](NS(=O)(=O)c1ccc(-c2c(C(N)=O)c3cc(C(F)(F)F)cnc3n2C2CCCCC2)cc1)C(F)(F)F. The first-order valence-corrected chi connectivity index (χ1v) is 13.2. The van der Waals surface area contributed by atoms with E-state index in [4.69, 9.17) is 5.73 Å². The number of primary amides is 1. The number of hydrogen-bond donors (Lipinski definition) is 2. The maximum Gasteiger partial charge on any atom is 0.417 e. The van der Waals surface area contributed by atoms with Crippen molar-refractivity contribution in [1.29, 1.82) is 0 Å². The van der Waals surface area contributed by atoms with E-state index in [1.54, 1.807) is 9.29 Å². The van der Waals surface area contributed by atoms with Gasteiger partial charge in [0, 0.05) is 17.6 Å². The standard InChI is InChI=1S/C24H24F6N4O3S/c1-13(23(25,26)27)33-38(36,37)17-9-7-14(8-10-17)20-19(21(31)35)18-11-15(24(28,29)30)12-32-22(18)34(20)16-5-3-2-4-6-16/h7-13,16,33H,2-6H2,1H3,(H2,31,35)/t13-/m0/s1. The van der Waals surface area contributed by atoms with Gasteiger partial charge in [-0.25, -0.2) is 13.4 Å². The molecule has 1 aliphatic carbocycles. The summed E-state index contributed by atoms with van der Waals surface area (Å²) in [5.74, 6) is -1.00. The first kappa shape index (κ1) is 27.9. The summed E-state index contributed by atoms with van der Waals surface area (Å²) >= 11 is 0. The Labute approximate surface area is 214 Å². The van der Waals surface area contributed by atoms with Gasteiger partial charge in [-0.3, -0.25) is 4.79 Å². The first-order valence-electron chi connectivity index (χ1n) is 11.7. The Balaban J connectivity index is 1.89. The Bertz CT molecular complexity index is 1460. The number of fused-ring (bicyclic) bond motifs is 1. The molecule has 0 bridgehead atoms. The maximum absolute atomic E-state index is 13.5. The van der Waals surface area contributed by atoms with Gasteiger partial charge in [-0.2, -0.15) is 31.1 Å². The number of amides is 1. The molecule has 206 valence electrons. The number of alkyl halides is 6. The highest BCUT2D eigenvalue weighted by atomic mass is 32.2. The number of carbonyl (C=O) groups is 1. The molecular formula is C24H24F6N4O3S. The Morgan fingerprint density at radius 3 is 2.21 bits per heavy atom. The number of sulfonamides is 1. The van der Waals surface area contributed by atoms with Crippen molar-refractivity contribution in [2.75, 3.05) is 0 Å². The predicted molar refractivity (Wildman–Crippen MR) is 127 cm³/mol. The fourth-order valence-corrected chi connectivity index (χ4v) is 5.96. The van der Waals surface area contributed by atoms with Gasteiger partial charge in [-0.15, -0.1) is 0 Å². The van der Waals surface area contributed by atoms with Crippen molar-refractivity contribution < 1.29 is 39.6 Å². The molecule has 1 atom stereocenters. The summed E-state index contributed by atoms with van der Waals surface area (Å²) in [6, 6.07) is 2.93. The molecule has 0 spiro atoms. The van der Waals surface area contributed by atoms with Gasteiger partial charge in [0.25, 0.3) is 5.91 Å². The number of nitrogens with two attached hydrogens (primary N) is 1. The highest BCUT2D eigenvalue weighted by Crippen LogP contribution is 2.42. The van der Waals surface area contributed by atoms with Gasteiger partial charge in [-0.1, -0.05) is 31.4 Å². The van der Waals surface area contributed by atoms with Crippen LogP contribution in [0.5, 0.6) is 0 Å². The molecule has 1 aliphatic rings. The average Bonchev–Trinajstić information content (AvgIpc) is 3.18. The van der Waals surface area contributed by atoms with E-state index in [-0.39, 0.29) is 33.9 Å². The number of hydrogen-bond acceptors (Lipinski definition) is 4. The lowest BCUT2D eigenvalue weighted by Crippen LogP contribution is -2.42. The summed E-state index contributed by atoms with van der Waals surface area (Å²) < 4.78 is 107. The van der Waals surface area contributed by atoms with Crippen LogP contribution < -0.4 is 10.5 Å². The molecule has 0 radical (unpaired) electrons. The molecule has 0 aliphatic heterocycles. The summed E-state index contributed by atoms with van der Waals surface area (Å²) in [6.07, 6.45) is -4.85. The number of halogens is 6. The van der Waals surface area contributed by atoms with Gasteiger partial charge < -0.3 is 10.3 Å². The van der Waals surface area contributed by atoms with Crippen LogP contribution in [0, 0.1) is 0 Å². The van der Waals surface area contributed by atoms with Gasteiger partial charge in [0.05, 0.1) is 21.7 Å². The summed E-state index contributed by atoms with van der Waals surface area (Å²) in [5.41, 5.74) is 4.92. The number of aromatic nitrogens is 2. The third-order valence-corrected chi connectivity index (χ3v) is 8.17. The normalized spacial score (nSPS) is 16.6. The predicted octanol–water partition coefficient (Wildman–Crippen LogP) is 5.56. The van der Waals surface area contributed by atoms with Crippen molar-refractivity contribution in [2.45, 2.75) is 68.4 Å². The van der Waals surface area contributed by atoms with Crippen molar-refractivity contribution in [3.05, 3.63) is 47.7 Å². The molecule has 0 unspecified atom stereocenters. The molecule has 1 fully saturated rings. The molecule has 14 heteroatoms. The van der Waals surface area contributed by atoms with Crippen LogP contribution in [0.3, 0.4) is 0 Å². The molecule has 2 aromatic heterocycles. The van der Waals surface area contributed by atoms with Crippen molar-refractivity contribution >= 4 is 27.0 Å². The van der Waals surface area contributed by atoms with Gasteiger partial charge in [0.1, 0.15) is 11.7 Å². The van der Waals surface area contributed by atoms with E-state index in [0.29, 0.717) is 26.0 Å². The second-order valence-corrected chi connectivity index (χ2v) is 11.0. The van der Waals surface area contributed by atoms with Gasteiger partial charge >= 0.3 is 12.4 Å². The number of nitrogens with zero attached hydrogens (tertiary/aromatic N) is 2. The summed E-state index contributed by atoms with van der Waals surface area (Å²) in [7, 11) is -4.55. The third kappa shape index (κ3) is 5.37. The summed E-state index contributed by atoms with van der Waals surface area (Å²) in [5, 5.41) is -0.0923. The van der Waals surface area contributed by atoms with Gasteiger partial charge in [0.2, 0.25) is 10.0 Å². The summed E-state index contributed by atoms with van der Waals surface area (Å²) in [4.78, 5) is 16.2. The average molecular weight is 563 g/mol. The Hall–Kier alpha value is -3.13. The van der Waals surface area contributed by atoms with Crippen LogP contribution in [-0.2, 0) is 16.2 Å². The molecule has 1 aromatic carbocycles. The van der Waals surface area contributed by atoms with E-state index < -0.39 is 44.8 Å². The Morgan fingerprint density at radius 1 is 1.08 bits per heavy atom. The van der Waals surface area contributed by atoms with Crippen molar-refractivity contribution in [2.24, 2.45) is 5.73 Å². The molecule has 1 saturated carbocycles. The molecule has 2 heterocycles. The molecule has 3 aromatic rings. The second-order valence-electron chi connectivity index (χ2n) is 9.25. The topological polar surface area (TPSA) is 107 Å². The van der Waals surface area contributed by atoms with Crippen LogP contribution in [0.1, 0.15) is 61.0 Å². The van der Waals surface area contributed by atoms with Crippen LogP contribution in [0.25, 0.3) is 22.3 Å². The molecule has 38 heavy (non-hydrogen) atoms. The van der Waals surface area contributed by atoms with E-state index in [1.807, 2.05) is 0 Å². The van der Waals surface area contributed by atoms with Crippen LogP contribution in [0.4, 0.5) is 26.3 Å². The lowest BCUT2D eigenvalue weighted by atomic mass is 9.94. The van der Waals surface area contributed by atoms with Crippen LogP contribution in [0.2, 0.25) is 0 Å². The molecule has 0 saturated heterocycles. The highest BCUT2D eigenvalue weighted by molar-refractivity contribution is 7.89. The quantitative estimate of drug-likeness (QED) is 0.384. The zero-order valence-electron chi connectivity index (χ0n) is 20.0. The first-order chi connectivity index (χ1) is 17.6. The number of benzene rings is 1. The molecular weight excluding hydrogens is 538 g/mol. The minimum Gasteiger partial charge on any atom is -0.366 e. The minimum absolute atomic E-state index is 0.0923. The zero-order valence-corrected chi connectivity index (χ0v) is 20.8. The fraction of sp³-hybridized carbons (Fsp3) is 0.417. The molecule has 4 rings (SSSR count). The van der Waals surface area contributed by atoms with E-state index >= 15 is 0 Å². The molecule has 7 nitrogen and oxygen atoms in total. The Kier molecular flexibility index (Phi) is 7.25. The van der Waals surface area contributed by atoms with E-state index in [1.165, 1.54) is 12.1 Å². The maximum atomic E-state index is 13.5. The number of pyridine rings is 1. The van der Waals surface area contributed by atoms with E-state index in [2.05, 4.69) is 4.98 Å². The Morgan fingerprint density at radius 2 is 1.68 bits per heavy atom. The number of nitrogens with one attached hydrogen (secondary N) is 1. The lowest BCUT2D eigenvalue weighted by molar-refractivity contribution is -0.147. The number of carbonyl (C=O) groups excluding carboxylic acids is 1. The van der Waals surface area contributed by atoms with Crippen LogP contribution >= 0.6 is 0 Å². The summed E-state index contributed by atoms with van der Waals surface area (Å²) in [6.45, 7) is 0.663. The third-order valence-electron chi connectivity index (χ3n) is 6.62. The van der Waals surface area contributed by atoms with E-state index in [9.17, 15) is 39.6 Å². The van der Waals surface area contributed by atoms with Crippen LogP contribution in [0.15, 0.2) is 41.4 Å².